The molecule has 4 rings (SSSR count). The molecule has 0 unspecified atom stereocenters. The topological polar surface area (TPSA) is 83.6 Å². The number of nitrogens with zero attached hydrogens (tertiary/aromatic N) is 3. The van der Waals surface area contributed by atoms with Gasteiger partial charge in [0.1, 0.15) is 11.4 Å². The minimum Gasteiger partial charge on any atom is -0.350 e. The first kappa shape index (κ1) is 15.8. The van der Waals surface area contributed by atoms with Gasteiger partial charge < -0.3 is 10.3 Å². The first-order valence-electron chi connectivity index (χ1n) is 8.01. The molecule has 1 atom stereocenters. The second-order valence-corrected chi connectivity index (χ2v) is 6.55. The molecule has 25 heavy (non-hydrogen) atoms. The van der Waals surface area contributed by atoms with Crippen LogP contribution in [0.15, 0.2) is 36.7 Å². The van der Waals surface area contributed by atoms with Crippen molar-refractivity contribution < 1.29 is 4.79 Å². The van der Waals surface area contributed by atoms with Crippen LogP contribution >= 0.6 is 11.6 Å². The Labute approximate surface area is 149 Å². The van der Waals surface area contributed by atoms with Crippen LogP contribution in [0.2, 0.25) is 5.02 Å². The number of aromatic amines is 1. The van der Waals surface area contributed by atoms with Crippen LogP contribution in [0.25, 0.3) is 11.5 Å². The lowest BCUT2D eigenvalue weighted by molar-refractivity contribution is 0.0950. The third kappa shape index (κ3) is 3.13. The van der Waals surface area contributed by atoms with Gasteiger partial charge in [-0.15, -0.1) is 0 Å². The molecule has 0 saturated heterocycles. The summed E-state index contributed by atoms with van der Waals surface area (Å²) >= 11 is 5.97. The van der Waals surface area contributed by atoms with Crippen LogP contribution in [-0.4, -0.2) is 32.4 Å². The standard InChI is InChI=1S/C18H16ClN5O/c1-10-7-21-15(9-20-10)17-23-14-6-12(8-22-18(25)16(14)24-17)11-2-4-13(19)5-3-11/h2-5,7,9,12H,6,8H2,1H3,(H,22,25)(H,23,24)/t12-/m0/s1. The number of benzene rings is 1. The highest BCUT2D eigenvalue weighted by Gasteiger charge is 2.26. The van der Waals surface area contributed by atoms with Gasteiger partial charge in [-0.3, -0.25) is 9.78 Å². The van der Waals surface area contributed by atoms with Crippen molar-refractivity contribution in [2.75, 3.05) is 6.54 Å². The molecule has 0 aliphatic carbocycles. The molecule has 0 saturated carbocycles. The van der Waals surface area contributed by atoms with Gasteiger partial charge >= 0.3 is 0 Å². The van der Waals surface area contributed by atoms with E-state index in [1.165, 1.54) is 0 Å². The summed E-state index contributed by atoms with van der Waals surface area (Å²) in [5, 5.41) is 3.65. The average Bonchev–Trinajstić information content (AvgIpc) is 2.97. The predicted molar refractivity (Wildman–Crippen MR) is 94.6 cm³/mol. The number of carbonyl (C=O) groups excluding carboxylic acids is 1. The minimum absolute atomic E-state index is 0.153. The fourth-order valence-electron chi connectivity index (χ4n) is 2.97. The van der Waals surface area contributed by atoms with E-state index in [4.69, 9.17) is 11.6 Å². The van der Waals surface area contributed by atoms with E-state index in [0.717, 1.165) is 17.0 Å². The Morgan fingerprint density at radius 3 is 2.68 bits per heavy atom. The Bertz CT molecular complexity index is 918. The Morgan fingerprint density at radius 1 is 1.16 bits per heavy atom. The zero-order valence-electron chi connectivity index (χ0n) is 13.6. The van der Waals surface area contributed by atoms with Crippen LogP contribution in [0.1, 0.15) is 33.4 Å². The van der Waals surface area contributed by atoms with E-state index in [0.29, 0.717) is 35.2 Å². The fraction of sp³-hybridized carbons (Fsp3) is 0.222. The molecule has 1 amide bonds. The van der Waals surface area contributed by atoms with Crippen molar-refractivity contribution in [1.29, 1.82) is 0 Å². The van der Waals surface area contributed by atoms with Crippen LogP contribution in [0, 0.1) is 6.92 Å². The molecule has 6 nitrogen and oxygen atoms in total. The highest BCUT2D eigenvalue weighted by molar-refractivity contribution is 6.30. The lowest BCUT2D eigenvalue weighted by atomic mass is 9.94. The summed E-state index contributed by atoms with van der Waals surface area (Å²) in [6.45, 7) is 2.43. The molecular formula is C18H16ClN5O. The molecule has 3 aromatic rings. The van der Waals surface area contributed by atoms with Crippen molar-refractivity contribution >= 4 is 17.5 Å². The van der Waals surface area contributed by atoms with Gasteiger partial charge in [0.2, 0.25) is 0 Å². The van der Waals surface area contributed by atoms with Crippen molar-refractivity contribution in [1.82, 2.24) is 25.3 Å². The number of fused-ring (bicyclic) bond motifs is 1. The van der Waals surface area contributed by atoms with Crippen molar-refractivity contribution in [3.8, 4) is 11.5 Å². The SMILES string of the molecule is Cc1cnc(-c2nc3c([nH]2)C[C@H](c2ccc(Cl)cc2)CNC3=O)cn1. The first-order valence-corrected chi connectivity index (χ1v) is 8.39. The van der Waals surface area contributed by atoms with Gasteiger partial charge in [-0.1, -0.05) is 23.7 Å². The number of hydrogen-bond donors (Lipinski definition) is 2. The quantitative estimate of drug-likeness (QED) is 0.742. The molecule has 1 aromatic carbocycles. The van der Waals surface area contributed by atoms with E-state index in [2.05, 4.69) is 25.3 Å². The number of carbonyl (C=O) groups is 1. The van der Waals surface area contributed by atoms with E-state index in [9.17, 15) is 4.79 Å². The smallest absolute Gasteiger partial charge is 0.271 e. The summed E-state index contributed by atoms with van der Waals surface area (Å²) in [5.74, 6) is 0.540. The molecule has 2 N–H and O–H groups in total. The van der Waals surface area contributed by atoms with E-state index in [1.54, 1.807) is 12.4 Å². The molecule has 0 spiro atoms. The fourth-order valence-corrected chi connectivity index (χ4v) is 3.10. The number of rotatable bonds is 2. The third-order valence-corrected chi connectivity index (χ3v) is 4.57. The number of aryl methyl sites for hydroxylation is 1. The van der Waals surface area contributed by atoms with Crippen molar-refractivity contribution in [3.63, 3.8) is 0 Å². The Balaban J connectivity index is 1.68. The summed E-state index contributed by atoms with van der Waals surface area (Å²) in [4.78, 5) is 28.6. The Hall–Kier alpha value is -2.73. The second-order valence-electron chi connectivity index (χ2n) is 6.12. The number of amides is 1. The van der Waals surface area contributed by atoms with E-state index >= 15 is 0 Å². The highest BCUT2D eigenvalue weighted by atomic mass is 35.5. The Kier molecular flexibility index (Phi) is 3.97. The average molecular weight is 354 g/mol. The monoisotopic (exact) mass is 353 g/mol. The molecule has 3 heterocycles. The highest BCUT2D eigenvalue weighted by Crippen LogP contribution is 2.27. The summed E-state index contributed by atoms with van der Waals surface area (Å²) in [6.07, 6.45) is 4.02. The number of H-pyrrole nitrogens is 1. The van der Waals surface area contributed by atoms with Gasteiger partial charge in [-0.05, 0) is 31.0 Å². The van der Waals surface area contributed by atoms with Gasteiger partial charge in [0, 0.05) is 29.4 Å². The predicted octanol–water partition coefficient (Wildman–Crippen LogP) is 2.90. The normalized spacial score (nSPS) is 16.9. The molecular weight excluding hydrogens is 338 g/mol. The van der Waals surface area contributed by atoms with E-state index < -0.39 is 0 Å². The molecule has 0 radical (unpaired) electrons. The van der Waals surface area contributed by atoms with Gasteiger partial charge in [0.15, 0.2) is 5.82 Å². The summed E-state index contributed by atoms with van der Waals surface area (Å²) in [6, 6.07) is 7.72. The van der Waals surface area contributed by atoms with Crippen LogP contribution in [0.5, 0.6) is 0 Å². The Morgan fingerprint density at radius 2 is 1.96 bits per heavy atom. The lowest BCUT2D eigenvalue weighted by Crippen LogP contribution is -2.26. The zero-order valence-corrected chi connectivity index (χ0v) is 14.3. The zero-order chi connectivity index (χ0) is 17.4. The summed E-state index contributed by atoms with van der Waals surface area (Å²) in [5.41, 5.74) is 3.82. The maximum absolute atomic E-state index is 12.4. The third-order valence-electron chi connectivity index (χ3n) is 4.32. The second kappa shape index (κ2) is 6.29. The van der Waals surface area contributed by atoms with Gasteiger partial charge in [-0.2, -0.15) is 0 Å². The maximum atomic E-state index is 12.4. The van der Waals surface area contributed by atoms with Crippen LogP contribution < -0.4 is 5.32 Å². The van der Waals surface area contributed by atoms with Gasteiger partial charge in [0.25, 0.3) is 5.91 Å². The van der Waals surface area contributed by atoms with Crippen LogP contribution in [0.3, 0.4) is 0 Å². The molecule has 1 aliphatic heterocycles. The first-order chi connectivity index (χ1) is 12.1. The van der Waals surface area contributed by atoms with E-state index in [-0.39, 0.29) is 11.8 Å². The summed E-state index contributed by atoms with van der Waals surface area (Å²) < 4.78 is 0. The minimum atomic E-state index is -0.172. The number of imidazole rings is 1. The number of hydrogen-bond acceptors (Lipinski definition) is 4. The van der Waals surface area contributed by atoms with Crippen LogP contribution in [0.4, 0.5) is 0 Å². The lowest BCUT2D eigenvalue weighted by Gasteiger charge is -2.14. The van der Waals surface area contributed by atoms with E-state index in [1.807, 2.05) is 31.2 Å². The van der Waals surface area contributed by atoms with Gasteiger partial charge in [-0.25, -0.2) is 9.97 Å². The van der Waals surface area contributed by atoms with Crippen molar-refractivity contribution in [3.05, 3.63) is 64.3 Å². The molecule has 0 fully saturated rings. The molecule has 1 aliphatic rings. The van der Waals surface area contributed by atoms with Crippen molar-refractivity contribution in [2.45, 2.75) is 19.3 Å². The number of nitrogens with one attached hydrogen (secondary N) is 2. The van der Waals surface area contributed by atoms with Crippen molar-refractivity contribution in [2.24, 2.45) is 0 Å². The summed E-state index contributed by atoms with van der Waals surface area (Å²) in [7, 11) is 0. The molecule has 2 aromatic heterocycles. The van der Waals surface area contributed by atoms with Crippen LogP contribution in [-0.2, 0) is 6.42 Å². The molecule has 7 heteroatoms. The maximum Gasteiger partial charge on any atom is 0.271 e. The van der Waals surface area contributed by atoms with Gasteiger partial charge in [0.05, 0.1) is 11.9 Å². The largest absolute Gasteiger partial charge is 0.350 e. The number of aromatic nitrogens is 4. The molecule has 0 bridgehead atoms. The number of halogens is 1. The molecule has 126 valence electrons.